The van der Waals surface area contributed by atoms with E-state index in [1.54, 1.807) is 12.1 Å². The Hall–Kier alpha value is -1.84. The molecule has 168 valence electrons. The lowest BCUT2D eigenvalue weighted by Gasteiger charge is -2.32. The van der Waals surface area contributed by atoms with Crippen molar-refractivity contribution in [3.05, 3.63) is 35.4 Å². The number of benzene rings is 1. The van der Waals surface area contributed by atoms with Gasteiger partial charge in [-0.1, -0.05) is 26.0 Å². The third-order valence-electron chi connectivity index (χ3n) is 5.46. The standard InChI is InChI=1S/C22H35N5O2.HI/c1-4-24-22(27-19-11-9-17(10-12-19)15(2)3)26-13-16-5-7-18(8-6-16)21(29)25-14-20(23)28;/h5-8,15,17,19H,4,9-14H2,1-3H3,(H2,23,28)(H,25,29)(H2,24,26,27);1H. The molecule has 7 nitrogen and oxygen atoms in total. The molecular formula is C22H36IN5O2. The highest BCUT2D eigenvalue weighted by Crippen LogP contribution is 2.29. The van der Waals surface area contributed by atoms with Gasteiger partial charge in [0.05, 0.1) is 13.1 Å². The minimum atomic E-state index is -0.564. The Balaban J connectivity index is 0.00000450. The zero-order valence-corrected chi connectivity index (χ0v) is 20.6. The van der Waals surface area contributed by atoms with Gasteiger partial charge in [0, 0.05) is 18.2 Å². The molecule has 2 amide bonds. The molecule has 0 atom stereocenters. The Labute approximate surface area is 197 Å². The normalized spacial score (nSPS) is 19.0. The molecule has 0 saturated heterocycles. The van der Waals surface area contributed by atoms with Crippen LogP contribution in [0.25, 0.3) is 0 Å². The summed E-state index contributed by atoms with van der Waals surface area (Å²) in [4.78, 5) is 27.4. The van der Waals surface area contributed by atoms with Gasteiger partial charge in [-0.3, -0.25) is 9.59 Å². The van der Waals surface area contributed by atoms with E-state index in [2.05, 4.69) is 36.7 Å². The molecule has 1 aliphatic rings. The van der Waals surface area contributed by atoms with Crippen molar-refractivity contribution in [2.75, 3.05) is 13.1 Å². The Morgan fingerprint density at radius 2 is 1.73 bits per heavy atom. The van der Waals surface area contributed by atoms with E-state index in [9.17, 15) is 9.59 Å². The fourth-order valence-corrected chi connectivity index (χ4v) is 3.64. The number of hydrogen-bond donors (Lipinski definition) is 4. The number of carbonyl (C=O) groups is 2. The van der Waals surface area contributed by atoms with Gasteiger partial charge in [0.15, 0.2) is 5.96 Å². The molecule has 1 saturated carbocycles. The van der Waals surface area contributed by atoms with E-state index in [1.807, 2.05) is 12.1 Å². The second-order valence-corrected chi connectivity index (χ2v) is 8.04. The van der Waals surface area contributed by atoms with Crippen molar-refractivity contribution >= 4 is 41.8 Å². The van der Waals surface area contributed by atoms with Crippen LogP contribution in [0, 0.1) is 11.8 Å². The van der Waals surface area contributed by atoms with E-state index < -0.39 is 5.91 Å². The van der Waals surface area contributed by atoms with Crippen LogP contribution in [0.3, 0.4) is 0 Å². The first-order valence-corrected chi connectivity index (χ1v) is 10.6. The van der Waals surface area contributed by atoms with Gasteiger partial charge in [0.1, 0.15) is 0 Å². The van der Waals surface area contributed by atoms with Crippen LogP contribution >= 0.6 is 24.0 Å². The summed E-state index contributed by atoms with van der Waals surface area (Å²) in [5, 5.41) is 9.38. The maximum Gasteiger partial charge on any atom is 0.251 e. The first-order chi connectivity index (χ1) is 13.9. The summed E-state index contributed by atoms with van der Waals surface area (Å²) in [6.07, 6.45) is 4.91. The van der Waals surface area contributed by atoms with E-state index >= 15 is 0 Å². The zero-order chi connectivity index (χ0) is 21.2. The molecule has 1 aliphatic carbocycles. The SMILES string of the molecule is CCNC(=NCc1ccc(C(=O)NCC(N)=O)cc1)NC1CCC(C(C)C)CC1.I. The molecule has 1 aromatic rings. The summed E-state index contributed by atoms with van der Waals surface area (Å²) in [5.41, 5.74) is 6.54. The van der Waals surface area contributed by atoms with E-state index in [1.165, 1.54) is 25.7 Å². The van der Waals surface area contributed by atoms with Crippen molar-refractivity contribution < 1.29 is 9.59 Å². The molecular weight excluding hydrogens is 493 g/mol. The largest absolute Gasteiger partial charge is 0.368 e. The predicted octanol–water partition coefficient (Wildman–Crippen LogP) is 2.79. The van der Waals surface area contributed by atoms with Gasteiger partial charge in [0.2, 0.25) is 5.91 Å². The number of nitrogens with zero attached hydrogens (tertiary/aromatic N) is 1. The van der Waals surface area contributed by atoms with Crippen LogP contribution in [0.5, 0.6) is 0 Å². The number of guanidine groups is 1. The van der Waals surface area contributed by atoms with Crippen molar-refractivity contribution in [2.45, 2.75) is 59.0 Å². The van der Waals surface area contributed by atoms with Crippen LogP contribution in [-0.4, -0.2) is 36.9 Å². The highest BCUT2D eigenvalue weighted by molar-refractivity contribution is 14.0. The molecule has 0 unspecified atom stereocenters. The molecule has 5 N–H and O–H groups in total. The lowest BCUT2D eigenvalue weighted by atomic mass is 9.80. The number of aliphatic imine (C=N–C) groups is 1. The van der Waals surface area contributed by atoms with Gasteiger partial charge >= 0.3 is 0 Å². The van der Waals surface area contributed by atoms with Gasteiger partial charge in [-0.25, -0.2) is 4.99 Å². The molecule has 0 bridgehead atoms. The fraction of sp³-hybridized carbons (Fsp3) is 0.591. The minimum absolute atomic E-state index is 0. The third-order valence-corrected chi connectivity index (χ3v) is 5.46. The molecule has 0 radical (unpaired) electrons. The van der Waals surface area contributed by atoms with E-state index in [0.717, 1.165) is 29.9 Å². The van der Waals surface area contributed by atoms with Crippen molar-refractivity contribution in [1.29, 1.82) is 0 Å². The first kappa shape index (κ1) is 26.2. The van der Waals surface area contributed by atoms with Crippen molar-refractivity contribution in [2.24, 2.45) is 22.6 Å². The smallest absolute Gasteiger partial charge is 0.251 e. The fourth-order valence-electron chi connectivity index (χ4n) is 3.64. The Bertz CT molecular complexity index is 698. The second kappa shape index (κ2) is 13.5. The molecule has 1 aromatic carbocycles. The lowest BCUT2D eigenvalue weighted by molar-refractivity contribution is -0.117. The molecule has 2 rings (SSSR count). The number of rotatable bonds is 8. The number of carbonyl (C=O) groups excluding carboxylic acids is 2. The molecule has 1 fully saturated rings. The van der Waals surface area contributed by atoms with Crippen LogP contribution in [0.1, 0.15) is 62.4 Å². The molecule has 0 heterocycles. The summed E-state index contributed by atoms with van der Waals surface area (Å²) < 4.78 is 0. The number of halogens is 1. The van der Waals surface area contributed by atoms with Gasteiger partial charge in [-0.15, -0.1) is 24.0 Å². The maximum absolute atomic E-state index is 11.9. The molecule has 0 spiro atoms. The van der Waals surface area contributed by atoms with Crippen molar-refractivity contribution in [3.63, 3.8) is 0 Å². The number of primary amides is 1. The highest BCUT2D eigenvalue weighted by atomic mass is 127. The summed E-state index contributed by atoms with van der Waals surface area (Å²) in [6, 6.07) is 7.68. The topological polar surface area (TPSA) is 109 Å². The average Bonchev–Trinajstić information content (AvgIpc) is 2.71. The van der Waals surface area contributed by atoms with Crippen LogP contribution in [0.4, 0.5) is 0 Å². The zero-order valence-electron chi connectivity index (χ0n) is 18.2. The number of nitrogens with two attached hydrogens (primary N) is 1. The molecule has 0 aliphatic heterocycles. The quantitative estimate of drug-likeness (QED) is 0.236. The lowest BCUT2D eigenvalue weighted by Crippen LogP contribution is -2.45. The van der Waals surface area contributed by atoms with Crippen LogP contribution in [0.2, 0.25) is 0 Å². The summed E-state index contributed by atoms with van der Waals surface area (Å²) in [7, 11) is 0. The summed E-state index contributed by atoms with van der Waals surface area (Å²) >= 11 is 0. The van der Waals surface area contributed by atoms with E-state index in [4.69, 9.17) is 10.7 Å². The third kappa shape index (κ3) is 8.89. The maximum atomic E-state index is 11.9. The predicted molar refractivity (Wildman–Crippen MR) is 132 cm³/mol. The molecule has 8 heteroatoms. The minimum Gasteiger partial charge on any atom is -0.368 e. The monoisotopic (exact) mass is 529 g/mol. The van der Waals surface area contributed by atoms with E-state index in [0.29, 0.717) is 18.2 Å². The van der Waals surface area contributed by atoms with Gasteiger partial charge in [-0.2, -0.15) is 0 Å². The average molecular weight is 529 g/mol. The second-order valence-electron chi connectivity index (χ2n) is 8.04. The van der Waals surface area contributed by atoms with Gasteiger partial charge < -0.3 is 21.7 Å². The van der Waals surface area contributed by atoms with Crippen LogP contribution in [-0.2, 0) is 11.3 Å². The van der Waals surface area contributed by atoms with Gasteiger partial charge in [0.25, 0.3) is 5.91 Å². The van der Waals surface area contributed by atoms with Crippen LogP contribution < -0.4 is 21.7 Å². The number of amides is 2. The van der Waals surface area contributed by atoms with E-state index in [-0.39, 0.29) is 36.4 Å². The molecule has 0 aromatic heterocycles. The summed E-state index contributed by atoms with van der Waals surface area (Å²) in [5.74, 6) is 1.56. The Morgan fingerprint density at radius 3 is 2.27 bits per heavy atom. The summed E-state index contributed by atoms with van der Waals surface area (Å²) in [6.45, 7) is 7.87. The highest BCUT2D eigenvalue weighted by Gasteiger charge is 2.23. The van der Waals surface area contributed by atoms with Crippen LogP contribution in [0.15, 0.2) is 29.3 Å². The first-order valence-electron chi connectivity index (χ1n) is 10.6. The number of hydrogen-bond acceptors (Lipinski definition) is 3. The van der Waals surface area contributed by atoms with Crippen molar-refractivity contribution in [1.82, 2.24) is 16.0 Å². The van der Waals surface area contributed by atoms with Gasteiger partial charge in [-0.05, 0) is 62.1 Å². The Morgan fingerprint density at radius 1 is 1.10 bits per heavy atom. The molecule has 30 heavy (non-hydrogen) atoms. The van der Waals surface area contributed by atoms with Crippen molar-refractivity contribution in [3.8, 4) is 0 Å². The Kier molecular flexibility index (Phi) is 11.8. The number of nitrogens with one attached hydrogen (secondary N) is 3.